The Morgan fingerprint density at radius 2 is 1.48 bits per heavy atom. The van der Waals surface area contributed by atoms with Crippen molar-refractivity contribution < 1.29 is 14.7 Å². The van der Waals surface area contributed by atoms with Crippen molar-refractivity contribution in [2.24, 2.45) is 0 Å². The van der Waals surface area contributed by atoms with Gasteiger partial charge in [0.25, 0.3) is 11.8 Å². The second-order valence-electron chi connectivity index (χ2n) is 4.38. The molecule has 5 nitrogen and oxygen atoms in total. The van der Waals surface area contributed by atoms with E-state index in [1.807, 2.05) is 6.07 Å². The fourth-order valence-corrected chi connectivity index (χ4v) is 1.77. The molecule has 2 rings (SSSR count). The molecule has 21 heavy (non-hydrogen) atoms. The van der Waals surface area contributed by atoms with Gasteiger partial charge in [-0.25, -0.2) is 0 Å². The van der Waals surface area contributed by atoms with Gasteiger partial charge < -0.3 is 15.7 Å². The predicted molar refractivity (Wildman–Crippen MR) is 80.3 cm³/mol. The molecule has 0 spiro atoms. The van der Waals surface area contributed by atoms with Crippen LogP contribution >= 0.6 is 0 Å². The van der Waals surface area contributed by atoms with Gasteiger partial charge in [0.15, 0.2) is 0 Å². The molecule has 0 radical (unpaired) electrons. The molecule has 0 aliphatic heterocycles. The van der Waals surface area contributed by atoms with Crippen LogP contribution in [0.1, 0.15) is 20.7 Å². The summed E-state index contributed by atoms with van der Waals surface area (Å²) in [6, 6.07) is 15.5. The van der Waals surface area contributed by atoms with Crippen LogP contribution in [0, 0.1) is 0 Å². The number of carbonyl (C=O) groups excluding carboxylic acids is 2. The molecule has 0 bridgehead atoms. The minimum Gasteiger partial charge on any atom is -0.395 e. The summed E-state index contributed by atoms with van der Waals surface area (Å²) in [4.78, 5) is 23.6. The highest BCUT2D eigenvalue weighted by molar-refractivity contribution is 6.04. The Labute approximate surface area is 122 Å². The normalized spacial score (nSPS) is 9.95. The molecule has 2 aromatic rings. The summed E-state index contributed by atoms with van der Waals surface area (Å²) < 4.78 is 0. The van der Waals surface area contributed by atoms with Crippen molar-refractivity contribution in [2.75, 3.05) is 18.5 Å². The molecule has 0 heterocycles. The first-order valence-corrected chi connectivity index (χ1v) is 6.56. The van der Waals surface area contributed by atoms with E-state index in [0.717, 1.165) is 0 Å². The van der Waals surface area contributed by atoms with Crippen molar-refractivity contribution in [3.8, 4) is 0 Å². The highest BCUT2D eigenvalue weighted by Gasteiger charge is 2.07. The molecule has 0 aromatic heterocycles. The van der Waals surface area contributed by atoms with Gasteiger partial charge in [0.2, 0.25) is 0 Å². The average molecular weight is 284 g/mol. The molecule has 0 atom stereocenters. The first-order chi connectivity index (χ1) is 10.2. The zero-order valence-electron chi connectivity index (χ0n) is 11.4. The predicted octanol–water partition coefficient (Wildman–Crippen LogP) is 1.66. The minimum absolute atomic E-state index is 0.100. The number of hydrogen-bond donors (Lipinski definition) is 3. The molecule has 0 aliphatic rings. The Bertz CT molecular complexity index is 609. The zero-order valence-corrected chi connectivity index (χ0v) is 11.4. The van der Waals surface area contributed by atoms with Crippen molar-refractivity contribution in [1.29, 1.82) is 0 Å². The first kappa shape index (κ1) is 14.7. The number of amides is 2. The van der Waals surface area contributed by atoms with Crippen molar-refractivity contribution in [3.05, 3.63) is 65.7 Å². The van der Waals surface area contributed by atoms with Crippen LogP contribution in [0.3, 0.4) is 0 Å². The molecule has 0 fully saturated rings. The number of rotatable bonds is 5. The van der Waals surface area contributed by atoms with E-state index in [-0.39, 0.29) is 25.0 Å². The SMILES string of the molecule is O=C(NCCO)c1ccc(NC(=O)c2ccccc2)cc1. The Morgan fingerprint density at radius 3 is 2.10 bits per heavy atom. The summed E-state index contributed by atoms with van der Waals surface area (Å²) in [5, 5.41) is 14.0. The van der Waals surface area contributed by atoms with E-state index < -0.39 is 0 Å². The van der Waals surface area contributed by atoms with Gasteiger partial charge in [-0.05, 0) is 36.4 Å². The lowest BCUT2D eigenvalue weighted by atomic mass is 10.1. The van der Waals surface area contributed by atoms with Crippen molar-refractivity contribution in [2.45, 2.75) is 0 Å². The number of aliphatic hydroxyl groups excluding tert-OH is 1. The maximum atomic E-state index is 12.0. The molecular formula is C16H16N2O3. The van der Waals surface area contributed by atoms with Gasteiger partial charge in [0.05, 0.1) is 6.61 Å². The number of hydrogen-bond acceptors (Lipinski definition) is 3. The molecular weight excluding hydrogens is 268 g/mol. The van der Waals surface area contributed by atoms with Gasteiger partial charge in [-0.3, -0.25) is 9.59 Å². The zero-order chi connectivity index (χ0) is 15.1. The lowest BCUT2D eigenvalue weighted by Crippen LogP contribution is -2.26. The molecule has 0 unspecified atom stereocenters. The van der Waals surface area contributed by atoms with Crippen LogP contribution in [-0.2, 0) is 0 Å². The fourth-order valence-electron chi connectivity index (χ4n) is 1.77. The molecule has 0 saturated heterocycles. The molecule has 2 amide bonds. The van der Waals surface area contributed by atoms with Gasteiger partial charge in [0, 0.05) is 23.4 Å². The maximum Gasteiger partial charge on any atom is 0.255 e. The number of carbonyl (C=O) groups is 2. The highest BCUT2D eigenvalue weighted by Crippen LogP contribution is 2.11. The lowest BCUT2D eigenvalue weighted by Gasteiger charge is -2.07. The van der Waals surface area contributed by atoms with Gasteiger partial charge >= 0.3 is 0 Å². The molecule has 108 valence electrons. The van der Waals surface area contributed by atoms with E-state index in [1.165, 1.54) is 0 Å². The quantitative estimate of drug-likeness (QED) is 0.781. The number of benzene rings is 2. The Morgan fingerprint density at radius 1 is 0.857 bits per heavy atom. The fraction of sp³-hybridized carbons (Fsp3) is 0.125. The Hall–Kier alpha value is -2.66. The number of anilines is 1. The summed E-state index contributed by atoms with van der Waals surface area (Å²) in [6.07, 6.45) is 0. The summed E-state index contributed by atoms with van der Waals surface area (Å²) in [7, 11) is 0. The van der Waals surface area contributed by atoms with E-state index in [1.54, 1.807) is 48.5 Å². The van der Waals surface area contributed by atoms with Crippen LogP contribution in [0.4, 0.5) is 5.69 Å². The average Bonchev–Trinajstić information content (AvgIpc) is 2.54. The minimum atomic E-state index is -0.259. The lowest BCUT2D eigenvalue weighted by molar-refractivity contribution is 0.0944. The van der Waals surface area contributed by atoms with Crippen LogP contribution in [-0.4, -0.2) is 30.1 Å². The smallest absolute Gasteiger partial charge is 0.255 e. The number of aliphatic hydroxyl groups is 1. The van der Waals surface area contributed by atoms with Crippen LogP contribution in [0.25, 0.3) is 0 Å². The summed E-state index contributed by atoms with van der Waals surface area (Å²) in [5.74, 6) is -0.460. The summed E-state index contributed by atoms with van der Waals surface area (Å²) >= 11 is 0. The van der Waals surface area contributed by atoms with Crippen molar-refractivity contribution >= 4 is 17.5 Å². The molecule has 3 N–H and O–H groups in total. The summed E-state index contributed by atoms with van der Waals surface area (Å²) in [5.41, 5.74) is 1.66. The standard InChI is InChI=1S/C16H16N2O3/c19-11-10-17-15(20)13-6-8-14(9-7-13)18-16(21)12-4-2-1-3-5-12/h1-9,19H,10-11H2,(H,17,20)(H,18,21). The van der Waals surface area contributed by atoms with E-state index in [9.17, 15) is 9.59 Å². The van der Waals surface area contributed by atoms with E-state index in [2.05, 4.69) is 10.6 Å². The van der Waals surface area contributed by atoms with Gasteiger partial charge in [-0.15, -0.1) is 0 Å². The third-order valence-corrected chi connectivity index (χ3v) is 2.84. The second kappa shape index (κ2) is 7.21. The third-order valence-electron chi connectivity index (χ3n) is 2.84. The third kappa shape index (κ3) is 4.15. The van der Waals surface area contributed by atoms with Crippen molar-refractivity contribution in [1.82, 2.24) is 5.32 Å². The molecule has 0 saturated carbocycles. The van der Waals surface area contributed by atoms with Crippen LogP contribution in [0.15, 0.2) is 54.6 Å². The Kier molecular flexibility index (Phi) is 5.06. The van der Waals surface area contributed by atoms with Crippen molar-refractivity contribution in [3.63, 3.8) is 0 Å². The van der Waals surface area contributed by atoms with Gasteiger partial charge in [-0.1, -0.05) is 18.2 Å². The monoisotopic (exact) mass is 284 g/mol. The number of nitrogens with one attached hydrogen (secondary N) is 2. The summed E-state index contributed by atoms with van der Waals surface area (Å²) in [6.45, 7) is 0.113. The van der Waals surface area contributed by atoms with Crippen LogP contribution in [0.5, 0.6) is 0 Å². The van der Waals surface area contributed by atoms with Gasteiger partial charge in [0.1, 0.15) is 0 Å². The topological polar surface area (TPSA) is 78.4 Å². The van der Waals surface area contributed by atoms with Crippen LogP contribution in [0.2, 0.25) is 0 Å². The van der Waals surface area contributed by atoms with Crippen LogP contribution < -0.4 is 10.6 Å². The van der Waals surface area contributed by atoms with Gasteiger partial charge in [-0.2, -0.15) is 0 Å². The first-order valence-electron chi connectivity index (χ1n) is 6.56. The second-order valence-corrected chi connectivity index (χ2v) is 4.38. The highest BCUT2D eigenvalue weighted by atomic mass is 16.3. The molecule has 0 aliphatic carbocycles. The molecule has 5 heteroatoms. The van der Waals surface area contributed by atoms with E-state index >= 15 is 0 Å². The van der Waals surface area contributed by atoms with E-state index in [4.69, 9.17) is 5.11 Å². The largest absolute Gasteiger partial charge is 0.395 e. The Balaban J connectivity index is 1.99. The molecule has 2 aromatic carbocycles. The maximum absolute atomic E-state index is 12.0. The van der Waals surface area contributed by atoms with E-state index in [0.29, 0.717) is 16.8 Å².